The number of carboxylic acid groups (broad SMARTS) is 2. The summed E-state index contributed by atoms with van der Waals surface area (Å²) in [6.07, 6.45) is -0.313. The molecule has 0 bridgehead atoms. The summed E-state index contributed by atoms with van der Waals surface area (Å²) >= 11 is 0. The molecule has 10 nitrogen and oxygen atoms in total. The molecule has 0 amide bonds. The molecule has 2 saturated heterocycles. The van der Waals surface area contributed by atoms with Gasteiger partial charge in [-0.15, -0.1) is 0 Å². The summed E-state index contributed by atoms with van der Waals surface area (Å²) in [5.74, 6) is -2.65. The number of aromatic nitrogens is 3. The first-order valence-electron chi connectivity index (χ1n) is 11.8. The minimum Gasteiger partial charge on any atom is -0.475 e. The molecule has 4 rings (SSSR count). The van der Waals surface area contributed by atoms with Crippen LogP contribution in [0, 0.1) is 5.92 Å². The van der Waals surface area contributed by atoms with E-state index in [2.05, 4.69) is 41.8 Å². The molecule has 0 spiro atoms. The maximum atomic E-state index is 10.6. The normalized spacial score (nSPS) is 18.3. The number of anilines is 2. The summed E-state index contributed by atoms with van der Waals surface area (Å²) in [5.41, 5.74) is 0. The highest BCUT2D eigenvalue weighted by Crippen LogP contribution is 2.23. The first-order valence-corrected chi connectivity index (χ1v) is 11.8. The second-order valence-electron chi connectivity index (χ2n) is 8.60. The lowest BCUT2D eigenvalue weighted by Gasteiger charge is -2.39. The summed E-state index contributed by atoms with van der Waals surface area (Å²) in [5, 5.41) is 14.2. The molecule has 39 heavy (non-hydrogen) atoms. The molecule has 2 aliphatic heterocycles. The van der Waals surface area contributed by atoms with Gasteiger partial charge in [0.15, 0.2) is 0 Å². The first-order chi connectivity index (χ1) is 18.3. The standard InChI is InChI=1S/C19H26N6.2C2HF3O2/c1-2-6-21-18(5-1)25-9-3-4-17(16-25)15-23-10-12-24(13-11-23)19-14-20-7-8-22-19;2*3-2(4,5)1(6)7/h1-2,5-8,14,17H,3-4,9-13,15-16H2;2*(H,6,7). The third-order valence-corrected chi connectivity index (χ3v) is 5.74. The van der Waals surface area contributed by atoms with Crippen LogP contribution in [0.3, 0.4) is 0 Å². The number of rotatable bonds is 4. The third kappa shape index (κ3) is 11.3. The summed E-state index contributed by atoms with van der Waals surface area (Å²) in [6.45, 7) is 7.74. The predicted octanol–water partition coefficient (Wildman–Crippen LogP) is 3.18. The molecule has 2 fully saturated rings. The molecule has 1 unspecified atom stereocenters. The lowest BCUT2D eigenvalue weighted by molar-refractivity contribution is -0.193. The second-order valence-corrected chi connectivity index (χ2v) is 8.60. The summed E-state index contributed by atoms with van der Waals surface area (Å²) in [6, 6.07) is 6.20. The number of hydrogen-bond donors (Lipinski definition) is 2. The Kier molecular flexibility index (Phi) is 11.7. The number of nitrogens with zero attached hydrogens (tertiary/aromatic N) is 6. The van der Waals surface area contributed by atoms with Gasteiger partial charge in [0, 0.05) is 64.4 Å². The predicted molar refractivity (Wildman–Crippen MR) is 127 cm³/mol. The number of piperidine rings is 1. The van der Waals surface area contributed by atoms with Crippen molar-refractivity contribution in [1.82, 2.24) is 19.9 Å². The van der Waals surface area contributed by atoms with Crippen LogP contribution in [0.25, 0.3) is 0 Å². The summed E-state index contributed by atoms with van der Waals surface area (Å²) in [7, 11) is 0. The third-order valence-electron chi connectivity index (χ3n) is 5.74. The van der Waals surface area contributed by atoms with Crippen LogP contribution < -0.4 is 9.80 Å². The van der Waals surface area contributed by atoms with Gasteiger partial charge in [0.05, 0.1) is 6.20 Å². The van der Waals surface area contributed by atoms with Gasteiger partial charge < -0.3 is 20.0 Å². The van der Waals surface area contributed by atoms with Crippen LogP contribution in [-0.2, 0) is 9.59 Å². The highest BCUT2D eigenvalue weighted by Gasteiger charge is 2.38. The van der Waals surface area contributed by atoms with Crippen molar-refractivity contribution in [2.75, 3.05) is 55.6 Å². The van der Waals surface area contributed by atoms with E-state index in [1.54, 1.807) is 12.4 Å². The van der Waals surface area contributed by atoms with Crippen LogP contribution in [0.4, 0.5) is 38.0 Å². The van der Waals surface area contributed by atoms with E-state index in [9.17, 15) is 26.3 Å². The zero-order chi connectivity index (χ0) is 29.1. The molecule has 16 heteroatoms. The molecule has 0 saturated carbocycles. The Morgan fingerprint density at radius 3 is 1.90 bits per heavy atom. The van der Waals surface area contributed by atoms with Crippen LogP contribution in [0.1, 0.15) is 12.8 Å². The highest BCUT2D eigenvalue weighted by atomic mass is 19.4. The minimum absolute atomic E-state index is 0.735. The van der Waals surface area contributed by atoms with Crippen LogP contribution >= 0.6 is 0 Å². The molecule has 0 aliphatic carbocycles. The van der Waals surface area contributed by atoms with Crippen molar-refractivity contribution >= 4 is 23.6 Å². The Morgan fingerprint density at radius 1 is 0.821 bits per heavy atom. The minimum atomic E-state index is -5.08. The van der Waals surface area contributed by atoms with Gasteiger partial charge in [0.2, 0.25) is 0 Å². The number of halogens is 6. The van der Waals surface area contributed by atoms with Crippen molar-refractivity contribution in [1.29, 1.82) is 0 Å². The maximum absolute atomic E-state index is 10.6. The van der Waals surface area contributed by atoms with Crippen LogP contribution in [0.5, 0.6) is 0 Å². The van der Waals surface area contributed by atoms with Gasteiger partial charge in [0.25, 0.3) is 0 Å². The topological polar surface area (TPSA) is 123 Å². The van der Waals surface area contributed by atoms with Crippen LogP contribution in [0.2, 0.25) is 0 Å². The molecule has 2 N–H and O–H groups in total. The zero-order valence-electron chi connectivity index (χ0n) is 20.6. The molecule has 216 valence electrons. The lowest BCUT2D eigenvalue weighted by atomic mass is 9.97. The van der Waals surface area contributed by atoms with Gasteiger partial charge in [-0.05, 0) is 30.9 Å². The van der Waals surface area contributed by atoms with E-state index >= 15 is 0 Å². The Bertz CT molecular complexity index is 997. The molecule has 4 heterocycles. The maximum Gasteiger partial charge on any atom is 0.490 e. The SMILES string of the molecule is O=C(O)C(F)(F)F.O=C(O)C(F)(F)F.c1ccc(N2CCCC(CN3CCN(c4cnccn4)CC3)C2)nc1. The van der Waals surface area contributed by atoms with Crippen molar-refractivity contribution in [2.24, 2.45) is 5.92 Å². The van der Waals surface area contributed by atoms with Gasteiger partial charge >= 0.3 is 24.3 Å². The smallest absolute Gasteiger partial charge is 0.475 e. The van der Waals surface area contributed by atoms with E-state index in [0.717, 1.165) is 56.8 Å². The molecule has 0 aromatic carbocycles. The zero-order valence-corrected chi connectivity index (χ0v) is 20.6. The Labute approximate surface area is 219 Å². The van der Waals surface area contributed by atoms with Crippen molar-refractivity contribution < 1.29 is 46.1 Å². The van der Waals surface area contributed by atoms with Crippen molar-refractivity contribution in [3.63, 3.8) is 0 Å². The van der Waals surface area contributed by atoms with E-state index in [1.165, 1.54) is 19.4 Å². The number of alkyl halides is 6. The highest BCUT2D eigenvalue weighted by molar-refractivity contribution is 5.73. The van der Waals surface area contributed by atoms with Crippen molar-refractivity contribution in [2.45, 2.75) is 25.2 Å². The van der Waals surface area contributed by atoms with E-state index in [-0.39, 0.29) is 0 Å². The second kappa shape index (κ2) is 14.5. The van der Waals surface area contributed by atoms with Gasteiger partial charge in [-0.2, -0.15) is 26.3 Å². The molecule has 2 aromatic heterocycles. The molecular formula is C23H28F6N6O4. The number of hydrogen-bond acceptors (Lipinski definition) is 8. The van der Waals surface area contributed by atoms with Crippen molar-refractivity contribution in [3.05, 3.63) is 43.0 Å². The Hall–Kier alpha value is -3.69. The number of piperazine rings is 1. The Morgan fingerprint density at radius 2 is 1.41 bits per heavy atom. The lowest BCUT2D eigenvalue weighted by Crippen LogP contribution is -2.50. The van der Waals surface area contributed by atoms with E-state index < -0.39 is 24.3 Å². The monoisotopic (exact) mass is 566 g/mol. The fourth-order valence-electron chi connectivity index (χ4n) is 3.94. The van der Waals surface area contributed by atoms with Crippen molar-refractivity contribution in [3.8, 4) is 0 Å². The average molecular weight is 567 g/mol. The average Bonchev–Trinajstić information content (AvgIpc) is 2.90. The molecule has 2 aliphatic rings. The summed E-state index contributed by atoms with van der Waals surface area (Å²) in [4.78, 5) is 38.3. The van der Waals surface area contributed by atoms with Crippen LogP contribution in [0.15, 0.2) is 43.0 Å². The van der Waals surface area contributed by atoms with E-state index in [1.807, 2.05) is 18.5 Å². The van der Waals surface area contributed by atoms with Gasteiger partial charge in [0.1, 0.15) is 11.6 Å². The number of carbonyl (C=O) groups is 2. The molecule has 2 aromatic rings. The fraction of sp³-hybridized carbons (Fsp3) is 0.522. The fourth-order valence-corrected chi connectivity index (χ4v) is 3.94. The number of carboxylic acids is 2. The molecular weight excluding hydrogens is 538 g/mol. The summed E-state index contributed by atoms with van der Waals surface area (Å²) < 4.78 is 63.5. The quantitative estimate of drug-likeness (QED) is 0.534. The largest absolute Gasteiger partial charge is 0.490 e. The molecule has 0 radical (unpaired) electrons. The molecule has 1 atom stereocenters. The number of pyridine rings is 1. The van der Waals surface area contributed by atoms with E-state index in [0.29, 0.717) is 0 Å². The Balaban J connectivity index is 0.000000317. The first kappa shape index (κ1) is 31.5. The van der Waals surface area contributed by atoms with E-state index in [4.69, 9.17) is 19.8 Å². The van der Waals surface area contributed by atoms with Gasteiger partial charge in [-0.3, -0.25) is 9.88 Å². The van der Waals surface area contributed by atoms with Gasteiger partial charge in [-0.1, -0.05) is 6.07 Å². The van der Waals surface area contributed by atoms with Crippen LogP contribution in [-0.4, -0.2) is 100 Å². The number of aliphatic carboxylic acids is 2. The van der Waals surface area contributed by atoms with Gasteiger partial charge in [-0.25, -0.2) is 19.6 Å².